The lowest BCUT2D eigenvalue weighted by Gasteiger charge is -2.24. The van der Waals surface area contributed by atoms with Gasteiger partial charge in [-0.05, 0) is 37.1 Å². The van der Waals surface area contributed by atoms with Crippen LogP contribution in [0.1, 0.15) is 31.4 Å². The van der Waals surface area contributed by atoms with Gasteiger partial charge in [-0.3, -0.25) is 0 Å². The fourth-order valence-corrected chi connectivity index (χ4v) is 2.48. The van der Waals surface area contributed by atoms with Crippen molar-refractivity contribution in [2.24, 2.45) is 10.9 Å². The molecule has 3 N–H and O–H groups in total. The molecule has 1 saturated heterocycles. The van der Waals surface area contributed by atoms with Crippen LogP contribution < -0.4 is 15.5 Å². The predicted molar refractivity (Wildman–Crippen MR) is 83.8 cm³/mol. The van der Waals surface area contributed by atoms with E-state index in [0.717, 1.165) is 62.9 Å². The molecule has 2 rings (SSSR count). The second-order valence-corrected chi connectivity index (χ2v) is 5.42. The highest BCUT2D eigenvalue weighted by Crippen LogP contribution is 2.20. The second kappa shape index (κ2) is 8.00. The molecular weight excluding hydrogens is 266 g/mol. The van der Waals surface area contributed by atoms with E-state index in [2.05, 4.69) is 18.1 Å². The number of hydrazone groups is 1. The first-order chi connectivity index (χ1) is 10.2. The van der Waals surface area contributed by atoms with Crippen molar-refractivity contribution in [3.05, 3.63) is 29.3 Å². The zero-order valence-electron chi connectivity index (χ0n) is 13.0. The van der Waals surface area contributed by atoms with Crippen LogP contribution in [0, 0.1) is 0 Å². The van der Waals surface area contributed by atoms with Crippen molar-refractivity contribution in [3.8, 4) is 5.75 Å². The van der Waals surface area contributed by atoms with Gasteiger partial charge in [-0.25, -0.2) is 0 Å². The monoisotopic (exact) mass is 292 g/mol. The normalized spacial score (nSPS) is 17.0. The fraction of sp³-hybridized carbons (Fsp3) is 0.562. The number of nitrogens with one attached hydrogen (secondary N) is 1. The Morgan fingerprint density at radius 3 is 2.81 bits per heavy atom. The van der Waals surface area contributed by atoms with Crippen molar-refractivity contribution in [3.63, 3.8) is 0 Å². The van der Waals surface area contributed by atoms with Crippen molar-refractivity contribution in [1.29, 1.82) is 0 Å². The highest BCUT2D eigenvalue weighted by atomic mass is 16.5. The maximum atomic E-state index is 5.88. The van der Waals surface area contributed by atoms with Gasteiger partial charge in [0, 0.05) is 5.56 Å². The van der Waals surface area contributed by atoms with Gasteiger partial charge < -0.3 is 20.2 Å². The van der Waals surface area contributed by atoms with Gasteiger partial charge in [-0.15, -0.1) is 0 Å². The number of benzene rings is 1. The Kier molecular flexibility index (Phi) is 6.02. The van der Waals surface area contributed by atoms with Gasteiger partial charge in [0.2, 0.25) is 0 Å². The summed E-state index contributed by atoms with van der Waals surface area (Å²) in [5, 5.41) is 3.79. The van der Waals surface area contributed by atoms with Gasteiger partial charge in [0.25, 0.3) is 0 Å². The largest absolute Gasteiger partial charge is 0.493 e. The molecule has 1 aliphatic rings. The summed E-state index contributed by atoms with van der Waals surface area (Å²) in [5.74, 6) is 6.37. The molecule has 0 amide bonds. The van der Waals surface area contributed by atoms with Crippen LogP contribution in [0.5, 0.6) is 5.75 Å². The number of quaternary nitrogens is 1. The van der Waals surface area contributed by atoms with Crippen LogP contribution in [0.3, 0.4) is 0 Å². The van der Waals surface area contributed by atoms with Crippen LogP contribution in [0.2, 0.25) is 0 Å². The van der Waals surface area contributed by atoms with E-state index in [1.54, 1.807) is 0 Å². The molecule has 1 aromatic rings. The highest BCUT2D eigenvalue weighted by molar-refractivity contribution is 5.98. The Morgan fingerprint density at radius 2 is 2.14 bits per heavy atom. The number of hydrogen-bond acceptors (Lipinski definition) is 4. The first-order valence-electron chi connectivity index (χ1n) is 7.66. The van der Waals surface area contributed by atoms with E-state index in [9.17, 15) is 0 Å². The van der Waals surface area contributed by atoms with Crippen molar-refractivity contribution in [2.75, 3.05) is 32.9 Å². The van der Waals surface area contributed by atoms with E-state index in [1.165, 1.54) is 10.5 Å². The van der Waals surface area contributed by atoms with E-state index in [0.29, 0.717) is 0 Å². The van der Waals surface area contributed by atoms with E-state index in [1.807, 2.05) is 19.1 Å². The molecular formula is C16H26N3O2+. The molecule has 0 bridgehead atoms. The van der Waals surface area contributed by atoms with Gasteiger partial charge in [0.1, 0.15) is 25.4 Å². The molecule has 0 unspecified atom stereocenters. The Hall–Kier alpha value is -1.59. The van der Waals surface area contributed by atoms with Crippen LogP contribution >= 0.6 is 0 Å². The standard InChI is InChI=1S/C16H25N3O2/c1-3-8-21-16-5-4-14(13(2)18-17)11-15(16)12-19-6-9-20-10-7-19/h4-5,11H,3,6-10,12,17H2,1-2H3/p+1/b18-13-. The predicted octanol–water partition coefficient (Wildman–Crippen LogP) is 0.573. The number of nitrogens with two attached hydrogens (primary N) is 1. The lowest BCUT2D eigenvalue weighted by Crippen LogP contribution is -3.12. The second-order valence-electron chi connectivity index (χ2n) is 5.42. The zero-order valence-corrected chi connectivity index (χ0v) is 13.0. The number of ether oxygens (including phenoxy) is 2. The van der Waals surface area contributed by atoms with Gasteiger partial charge in [-0.1, -0.05) is 6.92 Å². The molecule has 1 aromatic carbocycles. The third kappa shape index (κ3) is 4.44. The number of rotatable bonds is 6. The van der Waals surface area contributed by atoms with Crippen molar-refractivity contribution < 1.29 is 14.4 Å². The molecule has 0 saturated carbocycles. The summed E-state index contributed by atoms with van der Waals surface area (Å²) in [6.45, 7) is 9.50. The van der Waals surface area contributed by atoms with E-state index < -0.39 is 0 Å². The van der Waals surface area contributed by atoms with Crippen LogP contribution in [0.25, 0.3) is 0 Å². The summed E-state index contributed by atoms with van der Waals surface area (Å²) in [7, 11) is 0. The van der Waals surface area contributed by atoms with Crippen molar-refractivity contribution >= 4 is 5.71 Å². The number of morpholine rings is 1. The summed E-state index contributed by atoms with van der Waals surface area (Å²) in [4.78, 5) is 1.53. The summed E-state index contributed by atoms with van der Waals surface area (Å²) in [6, 6.07) is 6.21. The van der Waals surface area contributed by atoms with Crippen LogP contribution in [0.15, 0.2) is 23.3 Å². The van der Waals surface area contributed by atoms with Gasteiger partial charge in [0.05, 0.1) is 25.5 Å². The Labute approximate surface area is 126 Å². The molecule has 0 aromatic heterocycles. The maximum absolute atomic E-state index is 5.88. The topological polar surface area (TPSA) is 61.3 Å². The zero-order chi connectivity index (χ0) is 15.1. The Balaban J connectivity index is 2.19. The summed E-state index contributed by atoms with van der Waals surface area (Å²) < 4.78 is 11.3. The highest BCUT2D eigenvalue weighted by Gasteiger charge is 2.17. The maximum Gasteiger partial charge on any atom is 0.128 e. The number of nitrogens with zero attached hydrogens (tertiary/aromatic N) is 1. The minimum atomic E-state index is 0.745. The molecule has 5 nitrogen and oxygen atoms in total. The third-order valence-corrected chi connectivity index (χ3v) is 3.77. The fourth-order valence-electron chi connectivity index (χ4n) is 2.48. The van der Waals surface area contributed by atoms with E-state index in [-0.39, 0.29) is 0 Å². The van der Waals surface area contributed by atoms with Gasteiger partial charge in [0.15, 0.2) is 0 Å². The summed E-state index contributed by atoms with van der Waals surface area (Å²) >= 11 is 0. The molecule has 1 fully saturated rings. The third-order valence-electron chi connectivity index (χ3n) is 3.77. The molecule has 0 radical (unpaired) electrons. The van der Waals surface area contributed by atoms with Crippen LogP contribution in [-0.2, 0) is 11.3 Å². The van der Waals surface area contributed by atoms with Crippen LogP contribution in [-0.4, -0.2) is 38.6 Å². The molecule has 0 atom stereocenters. The molecule has 0 aliphatic carbocycles. The summed E-state index contributed by atoms with van der Waals surface area (Å²) in [6.07, 6.45) is 1.01. The minimum Gasteiger partial charge on any atom is -0.493 e. The molecule has 116 valence electrons. The molecule has 21 heavy (non-hydrogen) atoms. The molecule has 1 aliphatic heterocycles. The Bertz CT molecular complexity index is 482. The quantitative estimate of drug-likeness (QED) is 0.458. The first-order valence-corrected chi connectivity index (χ1v) is 7.66. The lowest BCUT2D eigenvalue weighted by molar-refractivity contribution is -0.921. The minimum absolute atomic E-state index is 0.745. The van der Waals surface area contributed by atoms with Gasteiger partial charge >= 0.3 is 0 Å². The smallest absolute Gasteiger partial charge is 0.128 e. The van der Waals surface area contributed by atoms with Crippen molar-refractivity contribution in [1.82, 2.24) is 0 Å². The lowest BCUT2D eigenvalue weighted by atomic mass is 10.1. The van der Waals surface area contributed by atoms with E-state index in [4.69, 9.17) is 15.3 Å². The molecule has 1 heterocycles. The first kappa shape index (κ1) is 15.8. The van der Waals surface area contributed by atoms with E-state index >= 15 is 0 Å². The average Bonchev–Trinajstić information content (AvgIpc) is 2.54. The molecule has 5 heteroatoms. The van der Waals surface area contributed by atoms with Crippen molar-refractivity contribution in [2.45, 2.75) is 26.8 Å². The number of hydrogen-bond donors (Lipinski definition) is 2. The Morgan fingerprint density at radius 1 is 1.38 bits per heavy atom. The van der Waals surface area contributed by atoms with Crippen LogP contribution in [0.4, 0.5) is 0 Å². The molecule has 0 spiro atoms. The van der Waals surface area contributed by atoms with Gasteiger partial charge in [-0.2, -0.15) is 5.10 Å². The average molecular weight is 292 g/mol. The SMILES string of the molecule is CCCOc1ccc(/C(C)=N\N)cc1C[NH+]1CCOCC1. The summed E-state index contributed by atoms with van der Waals surface area (Å²) in [5.41, 5.74) is 3.13.